The van der Waals surface area contributed by atoms with Crippen molar-refractivity contribution in [3.05, 3.63) is 35.4 Å². The van der Waals surface area contributed by atoms with Crippen LogP contribution in [-0.2, 0) is 17.9 Å². The quantitative estimate of drug-likeness (QED) is 0.725. The fraction of sp³-hybridized carbons (Fsp3) is 0.533. The van der Waals surface area contributed by atoms with Gasteiger partial charge in [0, 0.05) is 19.0 Å². The largest absolute Gasteiger partial charge is 0.392 e. The molecule has 1 fully saturated rings. The summed E-state index contributed by atoms with van der Waals surface area (Å²) in [5.41, 5.74) is 1.90. The molecule has 1 saturated heterocycles. The zero-order chi connectivity index (χ0) is 13.5. The average molecular weight is 262 g/mol. The molecule has 104 valence electrons. The standard InChI is InChI=1S/C15H22N2O2/c18-11-13-4-1-3-12(9-13)10-17-15(19)7-6-14-5-2-8-16-14/h1,3-4,9,14,16,18H,2,5-8,10-11H2,(H,17,19). The molecule has 0 aliphatic carbocycles. The van der Waals surface area contributed by atoms with E-state index in [0.29, 0.717) is 19.0 Å². The van der Waals surface area contributed by atoms with Gasteiger partial charge in [-0.25, -0.2) is 0 Å². The van der Waals surface area contributed by atoms with E-state index in [1.807, 2.05) is 24.3 Å². The molecule has 1 aromatic rings. The van der Waals surface area contributed by atoms with Crippen LogP contribution in [0.1, 0.15) is 36.8 Å². The van der Waals surface area contributed by atoms with Crippen molar-refractivity contribution in [2.24, 2.45) is 0 Å². The van der Waals surface area contributed by atoms with E-state index in [2.05, 4.69) is 10.6 Å². The van der Waals surface area contributed by atoms with Gasteiger partial charge in [-0.2, -0.15) is 0 Å². The SMILES string of the molecule is O=C(CCC1CCCN1)NCc1cccc(CO)c1. The van der Waals surface area contributed by atoms with Gasteiger partial charge in [0.15, 0.2) is 0 Å². The van der Waals surface area contributed by atoms with Crippen molar-refractivity contribution in [3.63, 3.8) is 0 Å². The minimum atomic E-state index is 0.0368. The van der Waals surface area contributed by atoms with E-state index >= 15 is 0 Å². The van der Waals surface area contributed by atoms with Crippen molar-refractivity contribution in [1.82, 2.24) is 10.6 Å². The summed E-state index contributed by atoms with van der Waals surface area (Å²) in [5, 5.41) is 15.4. The number of hydrogen-bond acceptors (Lipinski definition) is 3. The van der Waals surface area contributed by atoms with Gasteiger partial charge < -0.3 is 15.7 Å². The Balaban J connectivity index is 1.70. The number of hydrogen-bond donors (Lipinski definition) is 3. The fourth-order valence-electron chi connectivity index (χ4n) is 2.44. The van der Waals surface area contributed by atoms with E-state index in [4.69, 9.17) is 5.11 Å². The lowest BCUT2D eigenvalue weighted by atomic mass is 10.1. The van der Waals surface area contributed by atoms with Gasteiger partial charge in [-0.15, -0.1) is 0 Å². The highest BCUT2D eigenvalue weighted by atomic mass is 16.3. The minimum absolute atomic E-state index is 0.0368. The molecular formula is C15H22N2O2. The second-order valence-corrected chi connectivity index (χ2v) is 5.09. The first-order valence-corrected chi connectivity index (χ1v) is 6.96. The summed E-state index contributed by atoms with van der Waals surface area (Å²) < 4.78 is 0. The Morgan fingerprint density at radius 1 is 1.42 bits per heavy atom. The predicted molar refractivity (Wildman–Crippen MR) is 74.5 cm³/mol. The Labute approximate surface area is 114 Å². The second kappa shape index (κ2) is 7.26. The highest BCUT2D eigenvalue weighted by molar-refractivity contribution is 5.75. The molecule has 1 atom stereocenters. The van der Waals surface area contributed by atoms with E-state index < -0.39 is 0 Å². The molecular weight excluding hydrogens is 240 g/mol. The number of nitrogens with one attached hydrogen (secondary N) is 2. The molecule has 1 amide bonds. The number of amides is 1. The first kappa shape index (κ1) is 14.0. The van der Waals surface area contributed by atoms with E-state index in [1.165, 1.54) is 12.8 Å². The van der Waals surface area contributed by atoms with Crippen molar-refractivity contribution in [2.75, 3.05) is 6.54 Å². The number of rotatable bonds is 6. The van der Waals surface area contributed by atoms with Crippen LogP contribution in [-0.4, -0.2) is 23.6 Å². The van der Waals surface area contributed by atoms with E-state index in [-0.39, 0.29) is 12.5 Å². The van der Waals surface area contributed by atoms with Crippen molar-refractivity contribution in [1.29, 1.82) is 0 Å². The molecule has 0 bridgehead atoms. The lowest BCUT2D eigenvalue weighted by Crippen LogP contribution is -2.27. The number of carbonyl (C=O) groups excluding carboxylic acids is 1. The molecule has 1 aromatic carbocycles. The Morgan fingerprint density at radius 2 is 2.26 bits per heavy atom. The zero-order valence-corrected chi connectivity index (χ0v) is 11.2. The fourth-order valence-corrected chi connectivity index (χ4v) is 2.44. The molecule has 1 heterocycles. The molecule has 1 aliphatic heterocycles. The summed E-state index contributed by atoms with van der Waals surface area (Å²) in [6.07, 6.45) is 3.91. The van der Waals surface area contributed by atoms with Crippen LogP contribution >= 0.6 is 0 Å². The first-order chi connectivity index (χ1) is 9.28. The molecule has 2 rings (SSSR count). The molecule has 4 heteroatoms. The van der Waals surface area contributed by atoms with Gasteiger partial charge in [0.05, 0.1) is 6.61 Å². The van der Waals surface area contributed by atoms with Gasteiger partial charge in [0.2, 0.25) is 5.91 Å². The van der Waals surface area contributed by atoms with Crippen LogP contribution in [0.15, 0.2) is 24.3 Å². The molecule has 1 aliphatic rings. The highest BCUT2D eigenvalue weighted by Crippen LogP contribution is 2.10. The molecule has 4 nitrogen and oxygen atoms in total. The summed E-state index contributed by atoms with van der Waals surface area (Å²) in [6, 6.07) is 8.16. The zero-order valence-electron chi connectivity index (χ0n) is 11.2. The average Bonchev–Trinajstić information content (AvgIpc) is 2.96. The minimum Gasteiger partial charge on any atom is -0.392 e. The molecule has 3 N–H and O–H groups in total. The van der Waals surface area contributed by atoms with E-state index in [9.17, 15) is 4.79 Å². The Kier molecular flexibility index (Phi) is 5.36. The van der Waals surface area contributed by atoms with Gasteiger partial charge in [-0.05, 0) is 36.9 Å². The number of aliphatic hydroxyl groups excluding tert-OH is 1. The molecule has 1 unspecified atom stereocenters. The monoisotopic (exact) mass is 262 g/mol. The van der Waals surface area contributed by atoms with Gasteiger partial charge >= 0.3 is 0 Å². The van der Waals surface area contributed by atoms with E-state index in [1.54, 1.807) is 0 Å². The molecule has 0 radical (unpaired) electrons. The van der Waals surface area contributed by atoms with Gasteiger partial charge in [0.25, 0.3) is 0 Å². The van der Waals surface area contributed by atoms with Crippen LogP contribution in [0.5, 0.6) is 0 Å². The number of carbonyl (C=O) groups is 1. The van der Waals surface area contributed by atoms with Crippen molar-refractivity contribution in [2.45, 2.75) is 44.9 Å². The van der Waals surface area contributed by atoms with Crippen molar-refractivity contribution >= 4 is 5.91 Å². The number of benzene rings is 1. The van der Waals surface area contributed by atoms with Gasteiger partial charge in [-0.1, -0.05) is 24.3 Å². The lowest BCUT2D eigenvalue weighted by molar-refractivity contribution is -0.121. The maximum absolute atomic E-state index is 11.7. The number of aliphatic hydroxyl groups is 1. The van der Waals surface area contributed by atoms with E-state index in [0.717, 1.165) is 24.1 Å². The Hall–Kier alpha value is -1.39. The third-order valence-electron chi connectivity index (χ3n) is 3.55. The summed E-state index contributed by atoms with van der Waals surface area (Å²) in [5.74, 6) is 0.100. The van der Waals surface area contributed by atoms with Crippen molar-refractivity contribution < 1.29 is 9.90 Å². The maximum Gasteiger partial charge on any atom is 0.220 e. The van der Waals surface area contributed by atoms with Crippen LogP contribution in [0.2, 0.25) is 0 Å². The predicted octanol–water partition coefficient (Wildman–Crippen LogP) is 1.33. The van der Waals surface area contributed by atoms with Crippen LogP contribution in [0.3, 0.4) is 0 Å². The van der Waals surface area contributed by atoms with Crippen LogP contribution in [0, 0.1) is 0 Å². The molecule has 0 aromatic heterocycles. The summed E-state index contributed by atoms with van der Waals surface area (Å²) in [6.45, 7) is 1.65. The Morgan fingerprint density at radius 3 is 3.00 bits per heavy atom. The summed E-state index contributed by atoms with van der Waals surface area (Å²) in [7, 11) is 0. The maximum atomic E-state index is 11.7. The third-order valence-corrected chi connectivity index (χ3v) is 3.55. The van der Waals surface area contributed by atoms with Gasteiger partial charge in [-0.3, -0.25) is 4.79 Å². The molecule has 0 spiro atoms. The second-order valence-electron chi connectivity index (χ2n) is 5.09. The highest BCUT2D eigenvalue weighted by Gasteiger charge is 2.14. The Bertz CT molecular complexity index is 414. The topological polar surface area (TPSA) is 61.4 Å². The van der Waals surface area contributed by atoms with Gasteiger partial charge in [0.1, 0.15) is 0 Å². The smallest absolute Gasteiger partial charge is 0.220 e. The molecule has 0 saturated carbocycles. The normalized spacial score (nSPS) is 18.5. The lowest BCUT2D eigenvalue weighted by Gasteiger charge is -2.10. The molecule has 19 heavy (non-hydrogen) atoms. The summed E-state index contributed by atoms with van der Waals surface area (Å²) in [4.78, 5) is 11.7. The van der Waals surface area contributed by atoms with Crippen LogP contribution in [0.25, 0.3) is 0 Å². The van der Waals surface area contributed by atoms with Crippen LogP contribution in [0.4, 0.5) is 0 Å². The van der Waals surface area contributed by atoms with Crippen molar-refractivity contribution in [3.8, 4) is 0 Å². The summed E-state index contributed by atoms with van der Waals surface area (Å²) >= 11 is 0. The first-order valence-electron chi connectivity index (χ1n) is 6.96. The third kappa shape index (κ3) is 4.65. The van der Waals surface area contributed by atoms with Crippen LogP contribution < -0.4 is 10.6 Å².